The number of urea groups is 1. The van der Waals surface area contributed by atoms with Gasteiger partial charge in [0.1, 0.15) is 5.82 Å². The van der Waals surface area contributed by atoms with Crippen LogP contribution in [0.4, 0.5) is 29.5 Å². The van der Waals surface area contributed by atoms with Gasteiger partial charge in [0.2, 0.25) is 0 Å². The molecule has 5 rings (SSSR count). The molecule has 1 aromatic carbocycles. The quantitative estimate of drug-likeness (QED) is 0.240. The molecule has 1 aromatic heterocycles. The summed E-state index contributed by atoms with van der Waals surface area (Å²) in [6, 6.07) is 6.31. The molecule has 1 aliphatic heterocycles. The van der Waals surface area contributed by atoms with Gasteiger partial charge in [-0.25, -0.2) is 4.79 Å². The zero-order chi connectivity index (χ0) is 28.2. The van der Waals surface area contributed by atoms with Crippen LogP contribution >= 0.6 is 0 Å². The Hall–Kier alpha value is -3.54. The predicted octanol–water partition coefficient (Wildman–Crippen LogP) is 5.80. The van der Waals surface area contributed by atoms with Gasteiger partial charge in [-0.3, -0.25) is 15.4 Å². The summed E-state index contributed by atoms with van der Waals surface area (Å²) >= 11 is 0. The highest BCUT2D eigenvalue weighted by Gasteiger charge is 2.32. The Morgan fingerprint density at radius 3 is 2.60 bits per heavy atom. The molecule has 9 nitrogen and oxygen atoms in total. The van der Waals surface area contributed by atoms with Crippen LogP contribution in [0.5, 0.6) is 0 Å². The monoisotopic (exact) mass is 558 g/mol. The van der Waals surface area contributed by atoms with Crippen LogP contribution in [0.2, 0.25) is 0 Å². The van der Waals surface area contributed by atoms with Gasteiger partial charge < -0.3 is 21.3 Å². The number of anilines is 2. The van der Waals surface area contributed by atoms with Crippen LogP contribution in [0, 0.1) is 0 Å². The zero-order valence-electron chi connectivity index (χ0n) is 22.6. The third kappa shape index (κ3) is 7.35. The fourth-order valence-corrected chi connectivity index (χ4v) is 5.84. The zero-order valence-corrected chi connectivity index (χ0v) is 22.6. The van der Waals surface area contributed by atoms with E-state index < -0.39 is 23.6 Å². The number of rotatable bonds is 7. The fourth-order valence-electron chi connectivity index (χ4n) is 5.84. The fraction of sp³-hybridized carbons (Fsp3) is 0.536. The average molecular weight is 559 g/mol. The number of aromatic amines is 1. The topological polar surface area (TPSA) is 118 Å². The van der Waals surface area contributed by atoms with Crippen molar-refractivity contribution in [1.29, 1.82) is 0 Å². The Labute approximate surface area is 231 Å². The highest BCUT2D eigenvalue weighted by Crippen LogP contribution is 2.34. The van der Waals surface area contributed by atoms with E-state index in [0.29, 0.717) is 5.92 Å². The molecule has 40 heavy (non-hydrogen) atoms. The second-order valence-electron chi connectivity index (χ2n) is 11.1. The number of amides is 2. The largest absolute Gasteiger partial charge is 0.416 e. The first kappa shape index (κ1) is 28.0. The van der Waals surface area contributed by atoms with Gasteiger partial charge in [-0.15, -0.1) is 0 Å². The van der Waals surface area contributed by atoms with Crippen molar-refractivity contribution in [2.75, 3.05) is 10.6 Å². The third-order valence-electron chi connectivity index (χ3n) is 7.84. The number of nitrogens with zero attached hydrogens (tertiary/aromatic N) is 2. The first-order valence-corrected chi connectivity index (χ1v) is 14.0. The van der Waals surface area contributed by atoms with Gasteiger partial charge in [-0.05, 0) is 76.1 Å². The van der Waals surface area contributed by atoms with Gasteiger partial charge in [0.15, 0.2) is 11.6 Å². The molecule has 2 unspecified atom stereocenters. The Bertz CT molecular complexity index is 1240. The van der Waals surface area contributed by atoms with Crippen LogP contribution in [0.3, 0.4) is 0 Å². The average Bonchev–Trinajstić information content (AvgIpc) is 3.54. The summed E-state index contributed by atoms with van der Waals surface area (Å²) in [7, 11) is 0. The number of hydrogen-bond donors (Lipinski definition) is 6. The third-order valence-corrected chi connectivity index (χ3v) is 7.84. The van der Waals surface area contributed by atoms with E-state index in [-0.39, 0.29) is 17.8 Å². The predicted molar refractivity (Wildman–Crippen MR) is 149 cm³/mol. The van der Waals surface area contributed by atoms with Crippen molar-refractivity contribution in [1.82, 2.24) is 26.1 Å². The van der Waals surface area contributed by atoms with Crippen molar-refractivity contribution in [2.24, 2.45) is 4.99 Å². The molecule has 6 N–H and O–H groups in total. The normalized spacial score (nSPS) is 25.6. The Morgan fingerprint density at radius 1 is 1.02 bits per heavy atom. The SMILES string of the molecule is CC1(N[C@H]2CCCC(NC(=O)Nc3cccc(C(F)(F)F)c3)CC2)N=CC=C(Nc2cc(C3CCCC3)[nH]n2)N1. The minimum atomic E-state index is -4.46. The van der Waals surface area contributed by atoms with Crippen molar-refractivity contribution in [3.05, 3.63) is 53.5 Å². The van der Waals surface area contributed by atoms with Crippen molar-refractivity contribution in [3.8, 4) is 0 Å². The first-order valence-electron chi connectivity index (χ1n) is 14.0. The maximum absolute atomic E-state index is 13.0. The van der Waals surface area contributed by atoms with Crippen molar-refractivity contribution in [3.63, 3.8) is 0 Å². The molecule has 0 bridgehead atoms. The van der Waals surface area contributed by atoms with Crippen molar-refractivity contribution in [2.45, 2.75) is 94.7 Å². The molecule has 12 heteroatoms. The standard InChI is InChI=1S/C28H37F3N8O/c1-27(32-15-14-24(37-27)35-25-17-23(38-39-25)18-6-2-3-7-18)36-21-10-5-9-20(12-13-21)33-26(40)34-22-11-4-8-19(16-22)28(29,30)31/h4,8,11,14-18,20-21,36-37H,2-3,5-7,9-10,12-13H2,1H3,(H2,33,34,40)(H2,35,38,39)/t20?,21-,27?/m0/s1. The number of carbonyl (C=O) groups is 1. The summed E-state index contributed by atoms with van der Waals surface area (Å²) in [4.78, 5) is 17.1. The van der Waals surface area contributed by atoms with E-state index in [1.807, 2.05) is 13.0 Å². The summed E-state index contributed by atoms with van der Waals surface area (Å²) in [6.45, 7) is 1.98. The van der Waals surface area contributed by atoms with Gasteiger partial charge in [-0.2, -0.15) is 18.3 Å². The minimum absolute atomic E-state index is 0.0703. The molecule has 0 radical (unpaired) electrons. The molecule has 0 saturated heterocycles. The van der Waals surface area contributed by atoms with E-state index in [1.54, 1.807) is 6.21 Å². The Morgan fingerprint density at radius 2 is 1.80 bits per heavy atom. The molecule has 2 amide bonds. The molecule has 2 heterocycles. The van der Waals surface area contributed by atoms with Crippen LogP contribution in [0.25, 0.3) is 0 Å². The molecule has 3 aliphatic rings. The summed E-state index contributed by atoms with van der Waals surface area (Å²) in [5.74, 6) is 1.42. The van der Waals surface area contributed by atoms with Crippen LogP contribution in [-0.4, -0.2) is 40.3 Å². The molecule has 2 aliphatic carbocycles. The van der Waals surface area contributed by atoms with Crippen LogP contribution < -0.4 is 26.6 Å². The second-order valence-corrected chi connectivity index (χ2v) is 11.1. The molecular formula is C28H37F3N8O. The number of nitrogens with one attached hydrogen (secondary N) is 6. The number of hydrogen-bond acceptors (Lipinski definition) is 6. The van der Waals surface area contributed by atoms with E-state index in [4.69, 9.17) is 0 Å². The smallest absolute Gasteiger partial charge is 0.335 e. The minimum Gasteiger partial charge on any atom is -0.335 e. The molecule has 3 atom stereocenters. The number of aliphatic imine (C=N–C) groups is 1. The summed E-state index contributed by atoms with van der Waals surface area (Å²) in [5.41, 5.74) is 0.486. The molecule has 0 spiro atoms. The van der Waals surface area contributed by atoms with E-state index in [9.17, 15) is 18.0 Å². The number of allylic oxidation sites excluding steroid dienone is 1. The molecule has 2 fully saturated rings. The van der Waals surface area contributed by atoms with Gasteiger partial charge in [0.25, 0.3) is 0 Å². The second kappa shape index (κ2) is 11.9. The molecule has 216 valence electrons. The maximum atomic E-state index is 13.0. The number of carbonyl (C=O) groups excluding carboxylic acids is 1. The number of halogens is 3. The summed E-state index contributed by atoms with van der Waals surface area (Å²) in [6.07, 6.45) is 8.29. The van der Waals surface area contributed by atoms with E-state index >= 15 is 0 Å². The van der Waals surface area contributed by atoms with E-state index in [0.717, 1.165) is 55.9 Å². The number of H-pyrrole nitrogens is 1. The first-order chi connectivity index (χ1) is 19.1. The van der Waals surface area contributed by atoms with Crippen LogP contribution in [0.1, 0.15) is 81.9 Å². The summed E-state index contributed by atoms with van der Waals surface area (Å²) < 4.78 is 38.9. The van der Waals surface area contributed by atoms with Crippen LogP contribution in [0.15, 0.2) is 47.2 Å². The lowest BCUT2D eigenvalue weighted by Gasteiger charge is -2.35. The number of benzene rings is 1. The lowest BCUT2D eigenvalue weighted by Crippen LogP contribution is -2.58. The number of aromatic nitrogens is 2. The Kier molecular flexibility index (Phi) is 8.34. The van der Waals surface area contributed by atoms with Gasteiger partial charge in [0, 0.05) is 41.7 Å². The Balaban J connectivity index is 1.09. The van der Waals surface area contributed by atoms with Gasteiger partial charge in [0.05, 0.1) is 5.56 Å². The van der Waals surface area contributed by atoms with E-state index in [2.05, 4.69) is 47.8 Å². The number of alkyl halides is 3. The van der Waals surface area contributed by atoms with E-state index in [1.165, 1.54) is 43.5 Å². The van der Waals surface area contributed by atoms with Crippen LogP contribution in [-0.2, 0) is 6.18 Å². The molecule has 2 saturated carbocycles. The highest BCUT2D eigenvalue weighted by molar-refractivity contribution is 5.89. The lowest BCUT2D eigenvalue weighted by molar-refractivity contribution is -0.137. The highest BCUT2D eigenvalue weighted by atomic mass is 19.4. The molecular weight excluding hydrogens is 521 g/mol. The van der Waals surface area contributed by atoms with Gasteiger partial charge in [-0.1, -0.05) is 18.9 Å². The van der Waals surface area contributed by atoms with Crippen molar-refractivity contribution >= 4 is 23.8 Å². The lowest BCUT2D eigenvalue weighted by atomic mass is 10.0. The van der Waals surface area contributed by atoms with Crippen molar-refractivity contribution < 1.29 is 18.0 Å². The van der Waals surface area contributed by atoms with Gasteiger partial charge >= 0.3 is 12.2 Å². The molecule has 2 aromatic rings. The summed E-state index contributed by atoms with van der Waals surface area (Å²) in [5, 5.41) is 23.5. The maximum Gasteiger partial charge on any atom is 0.416 e.